The molecule has 1 rings (SSSR count). The van der Waals surface area contributed by atoms with Crippen LogP contribution in [0, 0.1) is 6.92 Å². The van der Waals surface area contributed by atoms with Gasteiger partial charge in [-0.15, -0.1) is 0 Å². The molecular formula is C14H23NO5S. The van der Waals surface area contributed by atoms with Crippen LogP contribution in [0.3, 0.4) is 0 Å². The third-order valence-corrected chi connectivity index (χ3v) is 4.81. The highest BCUT2D eigenvalue weighted by atomic mass is 32.2. The Morgan fingerprint density at radius 1 is 1.24 bits per heavy atom. The molecule has 0 aliphatic heterocycles. The van der Waals surface area contributed by atoms with Gasteiger partial charge in [-0.1, -0.05) is 0 Å². The van der Waals surface area contributed by atoms with Gasteiger partial charge in [-0.05, 0) is 37.6 Å². The van der Waals surface area contributed by atoms with Crippen molar-refractivity contribution in [1.29, 1.82) is 0 Å². The molecule has 21 heavy (non-hydrogen) atoms. The number of hydrogen-bond acceptors (Lipinski definition) is 5. The molecule has 1 aromatic carbocycles. The van der Waals surface area contributed by atoms with E-state index in [0.717, 1.165) is 0 Å². The molecule has 120 valence electrons. The molecule has 1 unspecified atom stereocenters. The number of ether oxygens (including phenoxy) is 3. The summed E-state index contributed by atoms with van der Waals surface area (Å²) in [6, 6.07) is 4.82. The average Bonchev–Trinajstić information content (AvgIpc) is 2.45. The van der Waals surface area contributed by atoms with E-state index in [2.05, 4.69) is 4.72 Å². The molecule has 0 saturated heterocycles. The number of benzene rings is 1. The fourth-order valence-corrected chi connectivity index (χ4v) is 3.24. The Morgan fingerprint density at radius 3 is 2.38 bits per heavy atom. The molecular weight excluding hydrogens is 294 g/mol. The summed E-state index contributed by atoms with van der Waals surface area (Å²) in [7, 11) is 0.980. The zero-order valence-corrected chi connectivity index (χ0v) is 13.9. The average molecular weight is 317 g/mol. The van der Waals surface area contributed by atoms with Crippen LogP contribution in [0.4, 0.5) is 0 Å². The molecule has 0 heterocycles. The molecule has 0 amide bonds. The summed E-state index contributed by atoms with van der Waals surface area (Å²) in [5.74, 6) is 0.618. The van der Waals surface area contributed by atoms with Crippen molar-refractivity contribution < 1.29 is 22.6 Å². The molecule has 6 nitrogen and oxygen atoms in total. The molecule has 0 bridgehead atoms. The summed E-state index contributed by atoms with van der Waals surface area (Å²) in [5.41, 5.74) is -0.102. The van der Waals surface area contributed by atoms with Gasteiger partial charge in [-0.25, -0.2) is 13.1 Å². The minimum Gasteiger partial charge on any atom is -0.497 e. The molecule has 0 radical (unpaired) electrons. The quantitative estimate of drug-likeness (QED) is 0.783. The van der Waals surface area contributed by atoms with Gasteiger partial charge in [-0.2, -0.15) is 0 Å². The van der Waals surface area contributed by atoms with Gasteiger partial charge in [0.25, 0.3) is 0 Å². The van der Waals surface area contributed by atoms with Crippen LogP contribution in [0.25, 0.3) is 0 Å². The second-order valence-electron chi connectivity index (χ2n) is 5.04. The van der Waals surface area contributed by atoms with Crippen molar-refractivity contribution in [2.45, 2.75) is 24.3 Å². The van der Waals surface area contributed by atoms with Crippen LogP contribution in [-0.4, -0.2) is 48.5 Å². The van der Waals surface area contributed by atoms with Gasteiger partial charge in [0.05, 0.1) is 18.6 Å². The Balaban J connectivity index is 2.92. The van der Waals surface area contributed by atoms with E-state index in [0.29, 0.717) is 11.3 Å². The van der Waals surface area contributed by atoms with Crippen LogP contribution in [0.1, 0.15) is 12.5 Å². The highest BCUT2D eigenvalue weighted by molar-refractivity contribution is 7.89. The standard InChI is InChI=1S/C14H23NO5S/c1-11-8-12(19-4)6-7-13(11)21(16,17)15-9-14(2,20-5)10-18-3/h6-8,15H,9-10H2,1-5H3. The van der Waals surface area contributed by atoms with Crippen LogP contribution in [0.15, 0.2) is 23.1 Å². The van der Waals surface area contributed by atoms with E-state index in [9.17, 15) is 8.42 Å². The van der Waals surface area contributed by atoms with Crippen molar-refractivity contribution in [1.82, 2.24) is 4.72 Å². The van der Waals surface area contributed by atoms with Gasteiger partial charge in [0.15, 0.2) is 0 Å². The first-order valence-electron chi connectivity index (χ1n) is 6.46. The third kappa shape index (κ3) is 4.67. The zero-order valence-electron chi connectivity index (χ0n) is 13.1. The topological polar surface area (TPSA) is 73.9 Å². The van der Waals surface area contributed by atoms with Crippen LogP contribution < -0.4 is 9.46 Å². The Hall–Kier alpha value is -1.15. The van der Waals surface area contributed by atoms with Gasteiger partial charge >= 0.3 is 0 Å². The monoisotopic (exact) mass is 317 g/mol. The number of sulfonamides is 1. The summed E-state index contributed by atoms with van der Waals surface area (Å²) >= 11 is 0. The van der Waals surface area contributed by atoms with E-state index >= 15 is 0 Å². The number of aryl methyl sites for hydroxylation is 1. The molecule has 1 aromatic rings. The van der Waals surface area contributed by atoms with E-state index < -0.39 is 15.6 Å². The Kier molecular flexibility index (Phi) is 6.15. The van der Waals surface area contributed by atoms with Gasteiger partial charge < -0.3 is 14.2 Å². The Labute approximate surface area is 126 Å². The predicted molar refractivity (Wildman–Crippen MR) is 80.2 cm³/mol. The first-order chi connectivity index (χ1) is 9.78. The fraction of sp³-hybridized carbons (Fsp3) is 0.571. The second kappa shape index (κ2) is 7.22. The van der Waals surface area contributed by atoms with Crippen LogP contribution >= 0.6 is 0 Å². The number of nitrogens with one attached hydrogen (secondary N) is 1. The van der Waals surface area contributed by atoms with Gasteiger partial charge in [-0.3, -0.25) is 0 Å². The molecule has 0 fully saturated rings. The largest absolute Gasteiger partial charge is 0.497 e. The molecule has 0 saturated carbocycles. The van der Waals surface area contributed by atoms with Crippen LogP contribution in [-0.2, 0) is 19.5 Å². The van der Waals surface area contributed by atoms with E-state index in [1.54, 1.807) is 33.1 Å². The lowest BCUT2D eigenvalue weighted by atomic mass is 10.1. The Bertz CT molecular complexity index is 573. The van der Waals surface area contributed by atoms with Crippen molar-refractivity contribution in [3.8, 4) is 5.75 Å². The summed E-state index contributed by atoms with van der Waals surface area (Å²) in [5, 5.41) is 0. The zero-order chi connectivity index (χ0) is 16.1. The normalized spacial score (nSPS) is 14.7. The van der Waals surface area contributed by atoms with Crippen molar-refractivity contribution in [3.63, 3.8) is 0 Å². The van der Waals surface area contributed by atoms with E-state index in [4.69, 9.17) is 14.2 Å². The fourth-order valence-electron chi connectivity index (χ4n) is 1.86. The van der Waals surface area contributed by atoms with Crippen LogP contribution in [0.5, 0.6) is 5.75 Å². The highest BCUT2D eigenvalue weighted by Crippen LogP contribution is 2.21. The first-order valence-corrected chi connectivity index (χ1v) is 7.95. The number of methoxy groups -OCH3 is 3. The third-order valence-electron chi connectivity index (χ3n) is 3.25. The van der Waals surface area contributed by atoms with Crippen LogP contribution in [0.2, 0.25) is 0 Å². The molecule has 0 aliphatic rings. The summed E-state index contributed by atoms with van der Waals surface area (Å²) in [6.07, 6.45) is 0. The molecule has 1 N–H and O–H groups in total. The summed E-state index contributed by atoms with van der Waals surface area (Å²) in [6.45, 7) is 3.90. The predicted octanol–water partition coefficient (Wildman–Crippen LogP) is 1.33. The lowest BCUT2D eigenvalue weighted by molar-refractivity contribution is -0.0460. The number of hydrogen-bond donors (Lipinski definition) is 1. The van der Waals surface area contributed by atoms with Crippen molar-refractivity contribution >= 4 is 10.0 Å². The Morgan fingerprint density at radius 2 is 1.90 bits per heavy atom. The van der Waals surface area contributed by atoms with Crippen molar-refractivity contribution in [2.24, 2.45) is 0 Å². The van der Waals surface area contributed by atoms with Gasteiger partial charge in [0.2, 0.25) is 10.0 Å². The highest BCUT2D eigenvalue weighted by Gasteiger charge is 2.27. The first kappa shape index (κ1) is 17.9. The molecule has 7 heteroatoms. The lowest BCUT2D eigenvalue weighted by Crippen LogP contribution is -2.45. The maximum absolute atomic E-state index is 12.4. The van der Waals surface area contributed by atoms with Gasteiger partial charge in [0, 0.05) is 20.8 Å². The molecule has 1 atom stereocenters. The minimum absolute atomic E-state index is 0.116. The van der Waals surface area contributed by atoms with Crippen molar-refractivity contribution in [3.05, 3.63) is 23.8 Å². The van der Waals surface area contributed by atoms with E-state index in [1.165, 1.54) is 20.3 Å². The summed E-state index contributed by atoms with van der Waals surface area (Å²) in [4.78, 5) is 0.221. The lowest BCUT2D eigenvalue weighted by Gasteiger charge is -2.27. The van der Waals surface area contributed by atoms with E-state index in [1.807, 2.05) is 0 Å². The molecule has 0 aromatic heterocycles. The molecule has 0 spiro atoms. The smallest absolute Gasteiger partial charge is 0.240 e. The second-order valence-corrected chi connectivity index (χ2v) is 6.78. The molecule has 0 aliphatic carbocycles. The summed E-state index contributed by atoms with van der Waals surface area (Å²) < 4.78 is 42.7. The minimum atomic E-state index is -3.62. The SMILES string of the molecule is COCC(C)(CNS(=O)(=O)c1ccc(OC)cc1C)OC. The van der Waals surface area contributed by atoms with Crippen molar-refractivity contribution in [2.75, 3.05) is 34.5 Å². The maximum atomic E-state index is 12.4. The van der Waals surface area contributed by atoms with E-state index in [-0.39, 0.29) is 18.0 Å². The van der Waals surface area contributed by atoms with Gasteiger partial charge in [0.1, 0.15) is 11.4 Å². The number of rotatable bonds is 8. The maximum Gasteiger partial charge on any atom is 0.240 e.